The largest absolute Gasteiger partial charge is 0.369 e. The Bertz CT molecular complexity index is 387. The summed E-state index contributed by atoms with van der Waals surface area (Å²) in [6.45, 7) is 6.40. The van der Waals surface area contributed by atoms with Gasteiger partial charge in [0.2, 0.25) is 11.9 Å². The zero-order valence-electron chi connectivity index (χ0n) is 11.2. The molecule has 4 N–H and O–H groups in total. The van der Waals surface area contributed by atoms with Gasteiger partial charge >= 0.3 is 0 Å². The van der Waals surface area contributed by atoms with E-state index in [1.807, 2.05) is 20.8 Å². The molecule has 100 valence electrons. The van der Waals surface area contributed by atoms with E-state index in [-0.39, 0.29) is 17.9 Å². The first-order valence-electron chi connectivity index (χ1n) is 6.15. The van der Waals surface area contributed by atoms with Crippen molar-refractivity contribution in [3.8, 4) is 0 Å². The zero-order chi connectivity index (χ0) is 13.5. The molecule has 1 unspecified atom stereocenters. The maximum Gasteiger partial charge on any atom is 0.222 e. The molecule has 1 aromatic heterocycles. The van der Waals surface area contributed by atoms with Crippen LogP contribution in [0.4, 0.5) is 11.8 Å². The van der Waals surface area contributed by atoms with E-state index in [0.29, 0.717) is 18.8 Å². The topological polar surface area (TPSA) is 92.9 Å². The lowest BCUT2D eigenvalue weighted by Crippen LogP contribution is -2.33. The number of nitrogen functional groups attached to an aromatic ring is 1. The fraction of sp³-hybridized carbons (Fsp3) is 0.583. The molecule has 1 amide bonds. The van der Waals surface area contributed by atoms with Gasteiger partial charge in [-0.25, -0.2) is 4.98 Å². The third kappa shape index (κ3) is 4.99. The Hall–Kier alpha value is -1.85. The molecule has 0 spiro atoms. The van der Waals surface area contributed by atoms with Crippen molar-refractivity contribution in [1.82, 2.24) is 15.3 Å². The van der Waals surface area contributed by atoms with Gasteiger partial charge in [0.1, 0.15) is 5.82 Å². The summed E-state index contributed by atoms with van der Waals surface area (Å²) in [7, 11) is 0. The molecule has 0 saturated heterocycles. The fourth-order valence-electron chi connectivity index (χ4n) is 1.44. The molecule has 0 aliphatic carbocycles. The van der Waals surface area contributed by atoms with Crippen LogP contribution in [-0.4, -0.2) is 28.5 Å². The maximum atomic E-state index is 11.5. The summed E-state index contributed by atoms with van der Waals surface area (Å²) in [5, 5.41) is 5.96. The molecule has 1 aromatic rings. The molecular weight excluding hydrogens is 230 g/mol. The molecule has 1 atom stereocenters. The normalized spacial score (nSPS) is 11.9. The molecular formula is C12H21N5O. The number of carbonyl (C=O) groups excluding carboxylic acids is 1. The molecule has 0 fully saturated rings. The van der Waals surface area contributed by atoms with Crippen LogP contribution in [0.1, 0.15) is 32.4 Å². The van der Waals surface area contributed by atoms with Crippen LogP contribution < -0.4 is 16.4 Å². The second kappa shape index (κ2) is 6.78. The Morgan fingerprint density at radius 2 is 2.22 bits per heavy atom. The van der Waals surface area contributed by atoms with Crippen LogP contribution in [0.15, 0.2) is 6.07 Å². The van der Waals surface area contributed by atoms with Crippen LogP contribution in [0.25, 0.3) is 0 Å². The minimum atomic E-state index is 0.0376. The van der Waals surface area contributed by atoms with Gasteiger partial charge in [0, 0.05) is 30.8 Å². The van der Waals surface area contributed by atoms with Crippen molar-refractivity contribution in [2.75, 3.05) is 17.6 Å². The molecule has 0 saturated carbocycles. The van der Waals surface area contributed by atoms with E-state index >= 15 is 0 Å². The number of carbonyl (C=O) groups is 1. The first kappa shape index (κ1) is 14.2. The van der Waals surface area contributed by atoms with E-state index < -0.39 is 0 Å². The molecule has 0 aromatic carbocycles. The van der Waals surface area contributed by atoms with Crippen molar-refractivity contribution in [2.24, 2.45) is 0 Å². The molecule has 0 radical (unpaired) electrons. The number of anilines is 2. The Labute approximate surface area is 107 Å². The zero-order valence-corrected chi connectivity index (χ0v) is 11.2. The van der Waals surface area contributed by atoms with Gasteiger partial charge in [-0.3, -0.25) is 4.79 Å². The van der Waals surface area contributed by atoms with Crippen molar-refractivity contribution in [3.63, 3.8) is 0 Å². The highest BCUT2D eigenvalue weighted by Crippen LogP contribution is 2.06. The highest BCUT2D eigenvalue weighted by atomic mass is 16.1. The number of nitrogens with two attached hydrogens (primary N) is 1. The SMILES string of the molecule is CCC(C)NC(=O)CCNc1cc(C)nc(N)n1. The summed E-state index contributed by atoms with van der Waals surface area (Å²) in [5.74, 6) is 0.925. The summed E-state index contributed by atoms with van der Waals surface area (Å²) in [6.07, 6.45) is 1.34. The summed E-state index contributed by atoms with van der Waals surface area (Å²) >= 11 is 0. The van der Waals surface area contributed by atoms with Gasteiger partial charge < -0.3 is 16.4 Å². The first-order chi connectivity index (χ1) is 8.51. The summed E-state index contributed by atoms with van der Waals surface area (Å²) in [5.41, 5.74) is 6.33. The number of aryl methyl sites for hydroxylation is 1. The molecule has 1 rings (SSSR count). The van der Waals surface area contributed by atoms with E-state index in [4.69, 9.17) is 5.73 Å². The number of nitrogens with one attached hydrogen (secondary N) is 2. The van der Waals surface area contributed by atoms with E-state index in [1.165, 1.54) is 0 Å². The van der Waals surface area contributed by atoms with Gasteiger partial charge in [-0.1, -0.05) is 6.92 Å². The lowest BCUT2D eigenvalue weighted by Gasteiger charge is -2.11. The van der Waals surface area contributed by atoms with Gasteiger partial charge in [0.15, 0.2) is 0 Å². The monoisotopic (exact) mass is 251 g/mol. The minimum absolute atomic E-state index is 0.0376. The number of hydrogen-bond donors (Lipinski definition) is 3. The molecule has 1 heterocycles. The average molecular weight is 251 g/mol. The van der Waals surface area contributed by atoms with Gasteiger partial charge in [0.25, 0.3) is 0 Å². The number of nitrogens with zero attached hydrogens (tertiary/aromatic N) is 2. The quantitative estimate of drug-likeness (QED) is 0.703. The lowest BCUT2D eigenvalue weighted by molar-refractivity contribution is -0.121. The van der Waals surface area contributed by atoms with E-state index in [9.17, 15) is 4.79 Å². The Morgan fingerprint density at radius 1 is 1.50 bits per heavy atom. The Kier molecular flexibility index (Phi) is 5.35. The second-order valence-corrected chi connectivity index (χ2v) is 4.31. The molecule has 6 heteroatoms. The summed E-state index contributed by atoms with van der Waals surface area (Å²) in [4.78, 5) is 19.5. The summed E-state index contributed by atoms with van der Waals surface area (Å²) < 4.78 is 0. The van der Waals surface area contributed by atoms with Gasteiger partial charge in [-0.15, -0.1) is 0 Å². The fourth-order valence-corrected chi connectivity index (χ4v) is 1.44. The van der Waals surface area contributed by atoms with Gasteiger partial charge in [-0.2, -0.15) is 4.98 Å². The third-order valence-electron chi connectivity index (χ3n) is 2.55. The predicted molar refractivity (Wildman–Crippen MR) is 72.2 cm³/mol. The number of hydrogen-bond acceptors (Lipinski definition) is 5. The predicted octanol–water partition coefficient (Wildman–Crippen LogP) is 1.08. The number of rotatable bonds is 6. The van der Waals surface area contributed by atoms with Crippen molar-refractivity contribution < 1.29 is 4.79 Å². The Morgan fingerprint density at radius 3 is 2.83 bits per heavy atom. The van der Waals surface area contributed by atoms with Crippen molar-refractivity contribution in [1.29, 1.82) is 0 Å². The molecule has 0 aliphatic heterocycles. The molecule has 0 aliphatic rings. The maximum absolute atomic E-state index is 11.5. The number of amides is 1. The lowest BCUT2D eigenvalue weighted by atomic mass is 10.2. The van der Waals surface area contributed by atoms with Crippen LogP contribution in [0.2, 0.25) is 0 Å². The van der Waals surface area contributed by atoms with E-state index in [2.05, 4.69) is 20.6 Å². The molecule has 18 heavy (non-hydrogen) atoms. The Balaban J connectivity index is 2.35. The van der Waals surface area contributed by atoms with Crippen LogP contribution in [0.5, 0.6) is 0 Å². The highest BCUT2D eigenvalue weighted by molar-refractivity contribution is 5.76. The third-order valence-corrected chi connectivity index (χ3v) is 2.55. The number of aromatic nitrogens is 2. The van der Waals surface area contributed by atoms with Crippen LogP contribution in [0, 0.1) is 6.92 Å². The van der Waals surface area contributed by atoms with Crippen LogP contribution in [-0.2, 0) is 4.79 Å². The van der Waals surface area contributed by atoms with Crippen molar-refractivity contribution in [3.05, 3.63) is 11.8 Å². The van der Waals surface area contributed by atoms with Crippen LogP contribution in [0.3, 0.4) is 0 Å². The second-order valence-electron chi connectivity index (χ2n) is 4.31. The van der Waals surface area contributed by atoms with Crippen LogP contribution >= 0.6 is 0 Å². The van der Waals surface area contributed by atoms with E-state index in [0.717, 1.165) is 12.1 Å². The first-order valence-corrected chi connectivity index (χ1v) is 6.15. The average Bonchev–Trinajstić information content (AvgIpc) is 2.27. The molecule has 6 nitrogen and oxygen atoms in total. The van der Waals surface area contributed by atoms with Crippen molar-refractivity contribution in [2.45, 2.75) is 39.7 Å². The van der Waals surface area contributed by atoms with E-state index in [1.54, 1.807) is 6.07 Å². The standard InChI is InChI=1S/C12H21N5O/c1-4-8(2)15-11(18)5-6-14-10-7-9(3)16-12(13)17-10/h7-8H,4-6H2,1-3H3,(H,15,18)(H3,13,14,16,17). The molecule has 0 bridgehead atoms. The minimum Gasteiger partial charge on any atom is -0.369 e. The van der Waals surface area contributed by atoms with Gasteiger partial charge in [-0.05, 0) is 20.3 Å². The van der Waals surface area contributed by atoms with Crippen molar-refractivity contribution >= 4 is 17.7 Å². The highest BCUT2D eigenvalue weighted by Gasteiger charge is 2.05. The summed E-state index contributed by atoms with van der Waals surface area (Å²) in [6, 6.07) is 2.01. The smallest absolute Gasteiger partial charge is 0.222 e. The van der Waals surface area contributed by atoms with Gasteiger partial charge in [0.05, 0.1) is 0 Å².